The van der Waals surface area contributed by atoms with Crippen molar-refractivity contribution in [3.63, 3.8) is 0 Å². The van der Waals surface area contributed by atoms with Gasteiger partial charge in [-0.05, 0) is 51.2 Å². The van der Waals surface area contributed by atoms with Crippen molar-refractivity contribution in [1.82, 2.24) is 20.2 Å². The molecule has 0 bridgehead atoms. The second-order valence-corrected chi connectivity index (χ2v) is 6.30. The van der Waals surface area contributed by atoms with E-state index in [0.717, 1.165) is 24.4 Å². The van der Waals surface area contributed by atoms with Gasteiger partial charge in [0.1, 0.15) is 11.4 Å². The van der Waals surface area contributed by atoms with Crippen molar-refractivity contribution < 1.29 is 9.53 Å². The Morgan fingerprint density at radius 3 is 2.54 bits per heavy atom. The topological polar surface area (TPSA) is 79.4 Å². The lowest BCUT2D eigenvalue weighted by Crippen LogP contribution is -2.32. The minimum atomic E-state index is -0.185. The number of nitrogens with one attached hydrogen (secondary N) is 2. The van der Waals surface area contributed by atoms with Crippen LogP contribution in [0.3, 0.4) is 0 Å². The summed E-state index contributed by atoms with van der Waals surface area (Å²) in [4.78, 5) is 22.9. The van der Waals surface area contributed by atoms with Crippen LogP contribution in [0.15, 0.2) is 30.3 Å². The van der Waals surface area contributed by atoms with Crippen molar-refractivity contribution >= 4 is 11.9 Å². The summed E-state index contributed by atoms with van der Waals surface area (Å²) in [6, 6.07) is 9.63. The molecule has 140 valence electrons. The Morgan fingerprint density at radius 1 is 1.15 bits per heavy atom. The third kappa shape index (κ3) is 6.33. The van der Waals surface area contributed by atoms with E-state index in [1.165, 1.54) is 5.56 Å². The zero-order chi connectivity index (χ0) is 18.9. The van der Waals surface area contributed by atoms with Crippen molar-refractivity contribution in [1.29, 1.82) is 0 Å². The van der Waals surface area contributed by atoms with Crippen LogP contribution in [-0.2, 0) is 6.42 Å². The van der Waals surface area contributed by atoms with Gasteiger partial charge in [-0.15, -0.1) is 0 Å². The second-order valence-electron chi connectivity index (χ2n) is 6.30. The van der Waals surface area contributed by atoms with Crippen molar-refractivity contribution in [2.45, 2.75) is 13.3 Å². The number of rotatable bonds is 9. The lowest BCUT2D eigenvalue weighted by Gasteiger charge is -2.11. The number of aromatic nitrogens is 2. The summed E-state index contributed by atoms with van der Waals surface area (Å²) in [6.07, 6.45) is 0.825. The average molecular weight is 357 g/mol. The van der Waals surface area contributed by atoms with Gasteiger partial charge in [0.05, 0.1) is 7.11 Å². The van der Waals surface area contributed by atoms with Crippen molar-refractivity contribution in [2.75, 3.05) is 46.2 Å². The summed E-state index contributed by atoms with van der Waals surface area (Å²) in [6.45, 7) is 3.89. The Kier molecular flexibility index (Phi) is 7.35. The van der Waals surface area contributed by atoms with Crippen LogP contribution in [0, 0.1) is 6.92 Å². The van der Waals surface area contributed by atoms with Crippen LogP contribution in [0.4, 0.5) is 5.95 Å². The standard InChI is InChI=1S/C19H27N5O2/c1-14-13-17(18(25)20-11-12-24(2)3)23-19(22-14)21-10-9-15-5-7-16(26-4)8-6-15/h5-8,13H,9-12H2,1-4H3,(H,20,25)(H,21,22,23). The molecule has 1 aromatic heterocycles. The highest BCUT2D eigenvalue weighted by molar-refractivity contribution is 5.92. The van der Waals surface area contributed by atoms with Gasteiger partial charge in [0.25, 0.3) is 5.91 Å². The van der Waals surface area contributed by atoms with Gasteiger partial charge >= 0.3 is 0 Å². The summed E-state index contributed by atoms with van der Waals surface area (Å²) in [5.41, 5.74) is 2.32. The highest BCUT2D eigenvalue weighted by Crippen LogP contribution is 2.12. The molecule has 2 N–H and O–H groups in total. The molecule has 2 aromatic rings. The van der Waals surface area contributed by atoms with Gasteiger partial charge < -0.3 is 20.3 Å². The predicted molar refractivity (Wildman–Crippen MR) is 103 cm³/mol. The van der Waals surface area contributed by atoms with Crippen molar-refractivity contribution in [3.8, 4) is 5.75 Å². The van der Waals surface area contributed by atoms with E-state index in [-0.39, 0.29) is 5.91 Å². The van der Waals surface area contributed by atoms with Gasteiger partial charge in [-0.2, -0.15) is 0 Å². The first-order valence-corrected chi connectivity index (χ1v) is 8.63. The van der Waals surface area contributed by atoms with E-state index in [1.807, 2.05) is 50.2 Å². The molecule has 0 spiro atoms. The van der Waals surface area contributed by atoms with Crippen molar-refractivity contribution in [2.24, 2.45) is 0 Å². The molecule has 0 radical (unpaired) electrons. The quantitative estimate of drug-likeness (QED) is 0.712. The first kappa shape index (κ1) is 19.7. The van der Waals surface area contributed by atoms with E-state index in [1.54, 1.807) is 13.2 Å². The molecule has 1 heterocycles. The fourth-order valence-corrected chi connectivity index (χ4v) is 2.36. The number of hydrogen-bond acceptors (Lipinski definition) is 6. The highest BCUT2D eigenvalue weighted by atomic mass is 16.5. The molecule has 0 unspecified atom stereocenters. The van der Waals surface area contributed by atoms with Gasteiger partial charge in [-0.1, -0.05) is 12.1 Å². The van der Waals surface area contributed by atoms with E-state index >= 15 is 0 Å². The number of aryl methyl sites for hydroxylation is 1. The van der Waals surface area contributed by atoms with Crippen LogP contribution in [0.5, 0.6) is 5.75 Å². The zero-order valence-electron chi connectivity index (χ0n) is 15.9. The fraction of sp³-hybridized carbons (Fsp3) is 0.421. The van der Waals surface area contributed by atoms with Crippen LogP contribution < -0.4 is 15.4 Å². The zero-order valence-corrected chi connectivity index (χ0v) is 15.9. The number of ether oxygens (including phenoxy) is 1. The van der Waals surface area contributed by atoms with E-state index in [0.29, 0.717) is 24.7 Å². The van der Waals surface area contributed by atoms with Gasteiger partial charge in [0, 0.05) is 25.3 Å². The Bertz CT molecular complexity index is 716. The molecule has 1 amide bonds. The van der Waals surface area contributed by atoms with E-state index < -0.39 is 0 Å². The van der Waals surface area contributed by atoms with Crippen LogP contribution in [0.1, 0.15) is 21.7 Å². The number of hydrogen-bond donors (Lipinski definition) is 2. The SMILES string of the molecule is COc1ccc(CCNc2nc(C)cc(C(=O)NCCN(C)C)n2)cc1. The number of methoxy groups -OCH3 is 1. The number of carbonyl (C=O) groups excluding carboxylic acids is 1. The third-order valence-electron chi connectivity index (χ3n) is 3.79. The number of likely N-dealkylation sites (N-methyl/N-ethyl adjacent to an activating group) is 1. The third-order valence-corrected chi connectivity index (χ3v) is 3.79. The molecule has 0 atom stereocenters. The number of nitrogens with zero attached hydrogens (tertiary/aromatic N) is 3. The molecule has 1 aromatic carbocycles. The molecule has 7 nitrogen and oxygen atoms in total. The summed E-state index contributed by atoms with van der Waals surface area (Å²) in [5.74, 6) is 1.13. The Hall–Kier alpha value is -2.67. The summed E-state index contributed by atoms with van der Waals surface area (Å²) < 4.78 is 5.16. The van der Waals surface area contributed by atoms with Crippen molar-refractivity contribution in [3.05, 3.63) is 47.3 Å². The first-order chi connectivity index (χ1) is 12.5. The average Bonchev–Trinajstić information content (AvgIpc) is 2.61. The van der Waals surface area contributed by atoms with Gasteiger partial charge in [0.15, 0.2) is 0 Å². The number of anilines is 1. The summed E-state index contributed by atoms with van der Waals surface area (Å²) in [5, 5.41) is 6.06. The molecular formula is C19H27N5O2. The fourth-order valence-electron chi connectivity index (χ4n) is 2.36. The minimum Gasteiger partial charge on any atom is -0.497 e. The maximum absolute atomic E-state index is 12.2. The molecule has 7 heteroatoms. The Balaban J connectivity index is 1.90. The first-order valence-electron chi connectivity index (χ1n) is 8.63. The monoisotopic (exact) mass is 357 g/mol. The molecule has 0 aliphatic carbocycles. The minimum absolute atomic E-state index is 0.185. The Labute approximate surface area is 154 Å². The number of benzene rings is 1. The van der Waals surface area contributed by atoms with Crippen LogP contribution >= 0.6 is 0 Å². The lowest BCUT2D eigenvalue weighted by molar-refractivity contribution is 0.0946. The molecule has 0 aliphatic rings. The van der Waals surface area contributed by atoms with E-state index in [2.05, 4.69) is 20.6 Å². The largest absolute Gasteiger partial charge is 0.497 e. The molecule has 0 aliphatic heterocycles. The second kappa shape index (κ2) is 9.72. The summed E-state index contributed by atoms with van der Waals surface area (Å²) in [7, 11) is 5.58. The number of amides is 1. The lowest BCUT2D eigenvalue weighted by atomic mass is 10.1. The predicted octanol–water partition coefficient (Wildman–Crippen LogP) is 1.74. The maximum Gasteiger partial charge on any atom is 0.270 e. The maximum atomic E-state index is 12.2. The molecule has 26 heavy (non-hydrogen) atoms. The van der Waals surface area contributed by atoms with Crippen LogP contribution in [-0.4, -0.2) is 61.6 Å². The van der Waals surface area contributed by atoms with Gasteiger partial charge in [0.2, 0.25) is 5.95 Å². The molecule has 0 saturated carbocycles. The molecule has 2 rings (SSSR count). The summed E-state index contributed by atoms with van der Waals surface area (Å²) >= 11 is 0. The smallest absolute Gasteiger partial charge is 0.270 e. The van der Waals surface area contributed by atoms with Gasteiger partial charge in [-0.25, -0.2) is 9.97 Å². The Morgan fingerprint density at radius 2 is 1.88 bits per heavy atom. The molecular weight excluding hydrogens is 330 g/mol. The van der Waals surface area contributed by atoms with E-state index in [4.69, 9.17) is 4.74 Å². The normalized spacial score (nSPS) is 10.7. The van der Waals surface area contributed by atoms with Crippen LogP contribution in [0.25, 0.3) is 0 Å². The number of carbonyl (C=O) groups is 1. The van der Waals surface area contributed by atoms with Gasteiger partial charge in [-0.3, -0.25) is 4.79 Å². The molecule has 0 fully saturated rings. The molecule has 0 saturated heterocycles. The highest BCUT2D eigenvalue weighted by Gasteiger charge is 2.10. The van der Waals surface area contributed by atoms with E-state index in [9.17, 15) is 4.79 Å². The van der Waals surface area contributed by atoms with Crippen LogP contribution in [0.2, 0.25) is 0 Å².